The molecular weight excluding hydrogens is 516 g/mol. The summed E-state index contributed by atoms with van der Waals surface area (Å²) in [6.07, 6.45) is -0.942. The number of benzene rings is 1. The Morgan fingerprint density at radius 2 is 1.97 bits per heavy atom. The van der Waals surface area contributed by atoms with Gasteiger partial charge in [-0.2, -0.15) is 8.42 Å². The first-order chi connectivity index (χ1) is 17.9. The lowest BCUT2D eigenvalue weighted by molar-refractivity contribution is 0.0981. The van der Waals surface area contributed by atoms with Crippen LogP contribution in [0.4, 0.5) is 20.4 Å². The smallest absolute Gasteiger partial charge is 0.281 e. The highest BCUT2D eigenvalue weighted by Crippen LogP contribution is 2.32. The maximum atomic E-state index is 14.4. The first-order valence-electron chi connectivity index (χ1n) is 12.1. The number of nitrogens with two attached hydrogens (primary N) is 1. The van der Waals surface area contributed by atoms with Crippen molar-refractivity contribution >= 4 is 27.6 Å². The maximum Gasteiger partial charge on any atom is 0.281 e. The summed E-state index contributed by atoms with van der Waals surface area (Å²) in [6.45, 7) is 6.07. The normalized spacial score (nSPS) is 17.6. The molecule has 9 nitrogen and oxygen atoms in total. The van der Waals surface area contributed by atoms with Crippen LogP contribution >= 0.6 is 0 Å². The second-order valence-corrected chi connectivity index (χ2v) is 11.2. The summed E-state index contributed by atoms with van der Waals surface area (Å²) < 4.78 is 62.0. The molecule has 38 heavy (non-hydrogen) atoms. The fraction of sp³-hybridized carbons (Fsp3) is 0.346. The number of nitrogen functional groups attached to an aromatic ring is 1. The number of pyridine rings is 2. The number of amides is 1. The average molecular weight is 546 g/mol. The Morgan fingerprint density at radius 3 is 2.63 bits per heavy atom. The number of carbonyl (C=O) groups excluding carboxylic acids is 1. The van der Waals surface area contributed by atoms with E-state index in [1.54, 1.807) is 17.9 Å². The Morgan fingerprint density at radius 1 is 1.21 bits per heavy atom. The van der Waals surface area contributed by atoms with E-state index in [4.69, 9.17) is 10.5 Å². The molecule has 1 aliphatic heterocycles. The Kier molecular flexibility index (Phi) is 7.81. The number of ether oxygens (including phenoxy) is 1. The van der Waals surface area contributed by atoms with Crippen molar-refractivity contribution < 1.29 is 26.7 Å². The number of sulfonamides is 1. The Balaban J connectivity index is 1.73. The van der Waals surface area contributed by atoms with Crippen LogP contribution in [0.2, 0.25) is 0 Å². The highest BCUT2D eigenvalue weighted by molar-refractivity contribution is 7.90. The summed E-state index contributed by atoms with van der Waals surface area (Å²) in [5.41, 5.74) is 6.19. The molecule has 2 atom stereocenters. The van der Waals surface area contributed by atoms with E-state index in [1.165, 1.54) is 42.5 Å². The fourth-order valence-corrected chi connectivity index (χ4v) is 5.07. The molecule has 0 aliphatic carbocycles. The summed E-state index contributed by atoms with van der Waals surface area (Å²) in [7, 11) is -4.36. The lowest BCUT2D eigenvalue weighted by Crippen LogP contribution is -2.35. The molecule has 3 N–H and O–H groups in total. The molecule has 0 bridgehead atoms. The van der Waals surface area contributed by atoms with Crippen molar-refractivity contribution in [1.82, 2.24) is 14.7 Å². The zero-order valence-corrected chi connectivity index (χ0v) is 22.0. The van der Waals surface area contributed by atoms with Gasteiger partial charge in [0.1, 0.15) is 29.4 Å². The van der Waals surface area contributed by atoms with Crippen LogP contribution in [0.25, 0.3) is 11.3 Å². The minimum absolute atomic E-state index is 0.0289. The molecule has 0 unspecified atom stereocenters. The molecule has 3 aromatic rings. The first kappa shape index (κ1) is 27.2. The van der Waals surface area contributed by atoms with Crippen LogP contribution < -0.4 is 20.1 Å². The van der Waals surface area contributed by atoms with Gasteiger partial charge in [0, 0.05) is 24.1 Å². The van der Waals surface area contributed by atoms with E-state index in [1.807, 2.05) is 18.6 Å². The van der Waals surface area contributed by atoms with E-state index >= 15 is 0 Å². The average Bonchev–Trinajstić information content (AvgIpc) is 3.19. The predicted octanol–water partition coefficient (Wildman–Crippen LogP) is 3.96. The molecule has 1 aromatic carbocycles. The van der Waals surface area contributed by atoms with Crippen LogP contribution in [0, 0.1) is 11.7 Å². The lowest BCUT2D eigenvalue weighted by atomic mass is 10.1. The predicted molar refractivity (Wildman–Crippen MR) is 140 cm³/mol. The molecule has 0 radical (unpaired) electrons. The third kappa shape index (κ3) is 6.18. The van der Waals surface area contributed by atoms with Crippen LogP contribution in [0.15, 0.2) is 53.6 Å². The molecule has 1 saturated heterocycles. The van der Waals surface area contributed by atoms with Crippen molar-refractivity contribution in [3.05, 3.63) is 59.9 Å². The van der Waals surface area contributed by atoms with Gasteiger partial charge in [-0.1, -0.05) is 19.9 Å². The molecule has 12 heteroatoms. The van der Waals surface area contributed by atoms with Crippen LogP contribution in [0.1, 0.15) is 37.6 Å². The molecular formula is C26H29F2N5O4S. The van der Waals surface area contributed by atoms with Crippen molar-refractivity contribution in [3.63, 3.8) is 0 Å². The largest absolute Gasteiger partial charge is 0.493 e. The number of hydrogen-bond acceptors (Lipinski definition) is 8. The van der Waals surface area contributed by atoms with Gasteiger partial charge in [-0.25, -0.2) is 23.5 Å². The minimum Gasteiger partial charge on any atom is -0.493 e. The van der Waals surface area contributed by atoms with Gasteiger partial charge in [0.25, 0.3) is 15.9 Å². The van der Waals surface area contributed by atoms with Crippen LogP contribution in [0.5, 0.6) is 5.75 Å². The van der Waals surface area contributed by atoms with E-state index in [0.29, 0.717) is 23.6 Å². The molecule has 1 aliphatic rings. The number of carbonyl (C=O) groups is 1. The third-order valence-corrected chi connectivity index (χ3v) is 7.15. The van der Waals surface area contributed by atoms with Crippen molar-refractivity contribution in [2.75, 3.05) is 23.8 Å². The van der Waals surface area contributed by atoms with Gasteiger partial charge < -0.3 is 15.4 Å². The fourth-order valence-electron chi connectivity index (χ4n) is 4.13. The summed E-state index contributed by atoms with van der Waals surface area (Å²) in [4.78, 5) is 23.1. The maximum absolute atomic E-state index is 14.4. The minimum atomic E-state index is -4.36. The van der Waals surface area contributed by atoms with Crippen LogP contribution in [-0.2, 0) is 10.0 Å². The summed E-state index contributed by atoms with van der Waals surface area (Å²) in [5, 5.41) is -0.427. The standard InChI is InChI=1S/C26H29F2N5O4S/c1-15(2)14-37-20-11-17(10-18(27)12-20)22-8-7-21(25(30-22)33-13-19(28)9-16(33)3)26(34)32-38(35,36)24-6-4-5-23(29)31-24/h4-8,10-12,15-16,19H,9,13-14H2,1-3H3,(H2,29,31)(H,32,34)/t16-,19+/m1/s1. The number of aromatic nitrogens is 2. The van der Waals surface area contributed by atoms with E-state index in [0.717, 1.165) is 0 Å². The van der Waals surface area contributed by atoms with E-state index in [9.17, 15) is 22.0 Å². The molecule has 1 amide bonds. The van der Waals surface area contributed by atoms with Gasteiger partial charge in [0.2, 0.25) is 0 Å². The monoisotopic (exact) mass is 545 g/mol. The zero-order valence-electron chi connectivity index (χ0n) is 21.2. The van der Waals surface area contributed by atoms with Gasteiger partial charge in [0.05, 0.1) is 24.4 Å². The molecule has 0 spiro atoms. The van der Waals surface area contributed by atoms with Gasteiger partial charge in [0.15, 0.2) is 5.03 Å². The Bertz CT molecular complexity index is 1450. The van der Waals surface area contributed by atoms with Gasteiger partial charge in [-0.05, 0) is 49.2 Å². The number of nitrogens with one attached hydrogen (secondary N) is 1. The highest BCUT2D eigenvalue weighted by atomic mass is 32.2. The number of alkyl halides is 1. The SMILES string of the molecule is CC(C)COc1cc(F)cc(-c2ccc(C(=O)NS(=O)(=O)c3cccc(N)n3)c(N3C[C@@H](F)C[C@H]3C)n2)c1. The molecule has 3 heterocycles. The van der Waals surface area contributed by atoms with E-state index in [2.05, 4.69) is 9.97 Å². The molecule has 1 fully saturated rings. The highest BCUT2D eigenvalue weighted by Gasteiger charge is 2.33. The van der Waals surface area contributed by atoms with Crippen LogP contribution in [0.3, 0.4) is 0 Å². The van der Waals surface area contributed by atoms with Crippen molar-refractivity contribution in [2.24, 2.45) is 5.92 Å². The van der Waals surface area contributed by atoms with Crippen molar-refractivity contribution in [3.8, 4) is 17.0 Å². The van der Waals surface area contributed by atoms with Gasteiger partial charge >= 0.3 is 0 Å². The number of halogens is 2. The van der Waals surface area contributed by atoms with Gasteiger partial charge in [-0.15, -0.1) is 0 Å². The van der Waals surface area contributed by atoms with Crippen molar-refractivity contribution in [1.29, 1.82) is 0 Å². The lowest BCUT2D eigenvalue weighted by Gasteiger charge is -2.25. The Hall–Kier alpha value is -3.80. The van der Waals surface area contributed by atoms with Gasteiger partial charge in [-0.3, -0.25) is 4.79 Å². The first-order valence-corrected chi connectivity index (χ1v) is 13.6. The zero-order chi connectivity index (χ0) is 27.6. The summed E-state index contributed by atoms with van der Waals surface area (Å²) >= 11 is 0. The van der Waals surface area contributed by atoms with E-state index < -0.39 is 32.9 Å². The second-order valence-electron chi connectivity index (χ2n) is 9.62. The second kappa shape index (κ2) is 10.9. The molecule has 202 valence electrons. The molecule has 0 saturated carbocycles. The quantitative estimate of drug-likeness (QED) is 0.436. The third-order valence-electron chi connectivity index (χ3n) is 5.91. The van der Waals surface area contributed by atoms with Crippen molar-refractivity contribution in [2.45, 2.75) is 44.4 Å². The molecule has 2 aromatic heterocycles. The number of anilines is 2. The number of hydrogen-bond donors (Lipinski definition) is 2. The topological polar surface area (TPSA) is 128 Å². The number of nitrogens with zero attached hydrogens (tertiary/aromatic N) is 3. The van der Waals surface area contributed by atoms with E-state index in [-0.39, 0.29) is 42.1 Å². The van der Waals surface area contributed by atoms with Crippen LogP contribution in [-0.4, -0.2) is 49.7 Å². The number of rotatable bonds is 8. The molecule has 4 rings (SSSR count). The summed E-state index contributed by atoms with van der Waals surface area (Å²) in [6, 6.07) is 10.7. The Labute approximate surface area is 220 Å². The summed E-state index contributed by atoms with van der Waals surface area (Å²) in [5.74, 6) is -0.911.